The fraction of sp³-hybridized carbons (Fsp3) is 0.500. The van der Waals surface area contributed by atoms with Gasteiger partial charge in [-0.15, -0.1) is 0 Å². The maximum absolute atomic E-state index is 6.24. The maximum Gasteiger partial charge on any atom is 0.168 e. The second-order valence-corrected chi connectivity index (χ2v) is 12.2. The van der Waals surface area contributed by atoms with Crippen LogP contribution in [0.3, 0.4) is 0 Å². The van der Waals surface area contributed by atoms with Crippen LogP contribution in [-0.2, 0) is 13.1 Å². The minimum atomic E-state index is 0.782. The highest BCUT2D eigenvalue weighted by molar-refractivity contribution is 5.93. The molecule has 2 aromatic carbocycles. The largest absolute Gasteiger partial charge is 0.493 e. The Morgan fingerprint density at radius 1 is 0.341 bits per heavy atom. The predicted octanol–water partition coefficient (Wildman–Crippen LogP) is 9.81. The molecule has 0 saturated heterocycles. The monoisotopic (exact) mass is 596 g/mol. The first-order valence-corrected chi connectivity index (χ1v) is 17.6. The molecule has 4 heteroatoms. The molecule has 236 valence electrons. The quantitative estimate of drug-likeness (QED) is 0.0594. The summed E-state index contributed by atoms with van der Waals surface area (Å²) in [7, 11) is 0. The molecule has 0 atom stereocenters. The Bertz CT molecular complexity index is 1180. The SMILES string of the molecule is c1cc[n+](CCCCCCCCCCOc2cccc3c(OCCCCCCCCCC[n+]4ccccc4)cccc23)cc1. The highest BCUT2D eigenvalue weighted by Crippen LogP contribution is 2.32. The van der Waals surface area contributed by atoms with Gasteiger partial charge in [0.1, 0.15) is 24.6 Å². The van der Waals surface area contributed by atoms with Gasteiger partial charge in [0.2, 0.25) is 0 Å². The molecule has 4 aromatic rings. The summed E-state index contributed by atoms with van der Waals surface area (Å²) in [5.74, 6) is 1.96. The number of hydrogen-bond donors (Lipinski definition) is 0. The third kappa shape index (κ3) is 13.1. The molecule has 0 aliphatic heterocycles. The smallest absolute Gasteiger partial charge is 0.168 e. The van der Waals surface area contributed by atoms with Crippen molar-refractivity contribution in [3.63, 3.8) is 0 Å². The molecule has 0 N–H and O–H groups in total. The van der Waals surface area contributed by atoms with E-state index in [-0.39, 0.29) is 0 Å². The lowest BCUT2D eigenvalue weighted by Gasteiger charge is -2.13. The average Bonchev–Trinajstić information content (AvgIpc) is 3.07. The Hall–Kier alpha value is -3.40. The van der Waals surface area contributed by atoms with Gasteiger partial charge in [0.25, 0.3) is 0 Å². The zero-order valence-corrected chi connectivity index (χ0v) is 27.1. The van der Waals surface area contributed by atoms with E-state index in [1.807, 2.05) is 0 Å². The first-order chi connectivity index (χ1) is 21.9. The summed E-state index contributed by atoms with van der Waals surface area (Å²) in [6, 6.07) is 25.3. The van der Waals surface area contributed by atoms with Gasteiger partial charge in [-0.25, -0.2) is 9.13 Å². The number of benzene rings is 2. The van der Waals surface area contributed by atoms with Crippen molar-refractivity contribution in [1.82, 2.24) is 0 Å². The van der Waals surface area contributed by atoms with Gasteiger partial charge >= 0.3 is 0 Å². The Morgan fingerprint density at radius 3 is 1.07 bits per heavy atom. The molecule has 0 bridgehead atoms. The average molecular weight is 597 g/mol. The van der Waals surface area contributed by atoms with Gasteiger partial charge < -0.3 is 9.47 Å². The molecule has 0 radical (unpaired) electrons. The highest BCUT2D eigenvalue weighted by Gasteiger charge is 2.07. The van der Waals surface area contributed by atoms with Crippen LogP contribution in [0.15, 0.2) is 97.6 Å². The topological polar surface area (TPSA) is 26.2 Å². The molecule has 4 rings (SSSR count). The lowest BCUT2D eigenvalue weighted by atomic mass is 10.1. The normalized spacial score (nSPS) is 11.2. The molecule has 0 aliphatic carbocycles. The maximum atomic E-state index is 6.24. The fourth-order valence-corrected chi connectivity index (χ4v) is 5.95. The number of aromatic nitrogens is 2. The summed E-state index contributed by atoms with van der Waals surface area (Å²) in [5.41, 5.74) is 0. The molecule has 0 saturated carbocycles. The number of hydrogen-bond acceptors (Lipinski definition) is 2. The summed E-state index contributed by atoms with van der Waals surface area (Å²) >= 11 is 0. The summed E-state index contributed by atoms with van der Waals surface area (Å²) in [6.07, 6.45) is 29.2. The van der Waals surface area contributed by atoms with E-state index >= 15 is 0 Å². The number of unbranched alkanes of at least 4 members (excludes halogenated alkanes) is 14. The van der Waals surface area contributed by atoms with Gasteiger partial charge in [-0.1, -0.05) is 101 Å². The Kier molecular flexibility index (Phi) is 16.2. The zero-order valence-electron chi connectivity index (χ0n) is 27.1. The number of ether oxygens (including phenoxy) is 2. The van der Waals surface area contributed by atoms with Crippen molar-refractivity contribution in [2.75, 3.05) is 13.2 Å². The van der Waals surface area contributed by atoms with Crippen LogP contribution in [-0.4, -0.2) is 13.2 Å². The second kappa shape index (κ2) is 21.3. The minimum absolute atomic E-state index is 0.782. The Morgan fingerprint density at radius 2 is 0.682 bits per heavy atom. The molecule has 44 heavy (non-hydrogen) atoms. The molecular weight excluding hydrogens is 540 g/mol. The zero-order chi connectivity index (χ0) is 30.3. The second-order valence-electron chi connectivity index (χ2n) is 12.2. The van der Waals surface area contributed by atoms with Crippen LogP contribution in [0, 0.1) is 0 Å². The van der Waals surface area contributed by atoms with E-state index in [1.54, 1.807) is 0 Å². The van der Waals surface area contributed by atoms with Crippen LogP contribution in [0.25, 0.3) is 10.8 Å². The molecule has 0 fully saturated rings. The molecule has 2 aromatic heterocycles. The van der Waals surface area contributed by atoms with E-state index in [0.717, 1.165) is 61.4 Å². The molecule has 0 unspecified atom stereocenters. The Labute approximate surface area is 267 Å². The van der Waals surface area contributed by atoms with Gasteiger partial charge in [0.15, 0.2) is 24.8 Å². The summed E-state index contributed by atoms with van der Waals surface area (Å²) in [4.78, 5) is 0. The van der Waals surface area contributed by atoms with Gasteiger partial charge in [0, 0.05) is 47.9 Å². The lowest BCUT2D eigenvalue weighted by molar-refractivity contribution is -0.697. The summed E-state index contributed by atoms with van der Waals surface area (Å²) in [5, 5.41) is 2.31. The van der Waals surface area contributed by atoms with E-state index in [0.29, 0.717) is 0 Å². The Balaban J connectivity index is 1.01. The number of fused-ring (bicyclic) bond motifs is 1. The molecule has 4 nitrogen and oxygen atoms in total. The van der Waals surface area contributed by atoms with Crippen molar-refractivity contribution in [1.29, 1.82) is 0 Å². The van der Waals surface area contributed by atoms with Crippen LogP contribution >= 0.6 is 0 Å². The van der Waals surface area contributed by atoms with Crippen LogP contribution in [0.5, 0.6) is 11.5 Å². The van der Waals surface area contributed by atoms with Crippen molar-refractivity contribution in [2.45, 2.75) is 116 Å². The fourth-order valence-electron chi connectivity index (χ4n) is 5.95. The van der Waals surface area contributed by atoms with E-state index in [4.69, 9.17) is 9.47 Å². The van der Waals surface area contributed by atoms with Gasteiger partial charge in [0.05, 0.1) is 13.2 Å². The molecule has 2 heterocycles. The van der Waals surface area contributed by atoms with Crippen LogP contribution in [0.4, 0.5) is 0 Å². The standard InChI is InChI=1S/C40H56N2O2/c1(5-9-15-29-41-31-17-13-18-32-41)3-7-11-21-35-43-39-27-23-26-38-37(39)25-24-28-40(38)44-36-22-12-8-4-2-6-10-16-30-42-33-19-14-20-34-42/h13-14,17-20,23-28,31-34H,1-12,15-16,21-22,29-30,35-36H2/q+2. The van der Waals surface area contributed by atoms with Crippen LogP contribution in [0.1, 0.15) is 103 Å². The number of pyridine rings is 2. The first-order valence-electron chi connectivity index (χ1n) is 17.6. The first kappa shape index (κ1) is 33.5. The van der Waals surface area contributed by atoms with E-state index in [2.05, 4.69) is 107 Å². The lowest BCUT2D eigenvalue weighted by Crippen LogP contribution is -2.32. The number of aryl methyl sites for hydroxylation is 2. The molecule has 0 aliphatic rings. The third-order valence-corrected chi connectivity index (χ3v) is 8.53. The van der Waals surface area contributed by atoms with Crippen molar-refractivity contribution >= 4 is 10.8 Å². The summed E-state index contributed by atoms with van der Waals surface area (Å²) < 4.78 is 17.0. The molecule has 0 spiro atoms. The third-order valence-electron chi connectivity index (χ3n) is 8.53. The van der Waals surface area contributed by atoms with Gasteiger partial charge in [-0.2, -0.15) is 0 Å². The molecular formula is C40H56N2O2+2. The van der Waals surface area contributed by atoms with E-state index in [9.17, 15) is 0 Å². The number of nitrogens with zero attached hydrogens (tertiary/aromatic N) is 2. The van der Waals surface area contributed by atoms with Crippen molar-refractivity contribution in [2.24, 2.45) is 0 Å². The highest BCUT2D eigenvalue weighted by atomic mass is 16.5. The predicted molar refractivity (Wildman–Crippen MR) is 182 cm³/mol. The van der Waals surface area contributed by atoms with Crippen molar-refractivity contribution < 1.29 is 18.6 Å². The van der Waals surface area contributed by atoms with Crippen molar-refractivity contribution in [3.05, 3.63) is 97.6 Å². The van der Waals surface area contributed by atoms with Crippen LogP contribution in [0.2, 0.25) is 0 Å². The van der Waals surface area contributed by atoms with Crippen molar-refractivity contribution in [3.8, 4) is 11.5 Å². The van der Waals surface area contributed by atoms with Crippen LogP contribution < -0.4 is 18.6 Å². The summed E-state index contributed by atoms with van der Waals surface area (Å²) in [6.45, 7) is 3.83. The van der Waals surface area contributed by atoms with E-state index in [1.165, 1.54) is 89.9 Å². The molecule has 0 amide bonds. The number of rotatable bonds is 24. The van der Waals surface area contributed by atoms with Gasteiger partial charge in [-0.05, 0) is 37.8 Å². The minimum Gasteiger partial charge on any atom is -0.493 e. The van der Waals surface area contributed by atoms with Gasteiger partial charge in [-0.3, -0.25) is 0 Å². The van der Waals surface area contributed by atoms with E-state index < -0.39 is 0 Å².